The standard InChI is InChI=1S/C7H13N3O3S/c1-5(14(3,12)13)7(11)6-4-8-9-10(6)2/h4-5,7,11H,1-3H3. The Kier molecular flexibility index (Phi) is 2.91. The van der Waals surface area contributed by atoms with E-state index in [1.54, 1.807) is 7.05 Å². The number of hydrogen-bond acceptors (Lipinski definition) is 5. The van der Waals surface area contributed by atoms with Gasteiger partial charge in [-0.05, 0) is 6.92 Å². The first-order valence-corrected chi connectivity index (χ1v) is 6.01. The van der Waals surface area contributed by atoms with E-state index in [1.165, 1.54) is 17.8 Å². The summed E-state index contributed by atoms with van der Waals surface area (Å²) >= 11 is 0. The van der Waals surface area contributed by atoms with Crippen LogP contribution in [0.4, 0.5) is 0 Å². The highest BCUT2D eigenvalue weighted by molar-refractivity contribution is 7.91. The van der Waals surface area contributed by atoms with Crippen molar-refractivity contribution in [3.8, 4) is 0 Å². The molecule has 0 aliphatic carbocycles. The van der Waals surface area contributed by atoms with Crippen LogP contribution in [0.5, 0.6) is 0 Å². The molecule has 0 amide bonds. The Hall–Kier alpha value is -0.950. The second kappa shape index (κ2) is 3.66. The van der Waals surface area contributed by atoms with Gasteiger partial charge in [0.2, 0.25) is 0 Å². The van der Waals surface area contributed by atoms with Crippen LogP contribution < -0.4 is 0 Å². The molecule has 0 saturated heterocycles. The van der Waals surface area contributed by atoms with Crippen LogP contribution in [-0.4, -0.2) is 40.0 Å². The van der Waals surface area contributed by atoms with E-state index in [9.17, 15) is 13.5 Å². The van der Waals surface area contributed by atoms with Gasteiger partial charge in [-0.1, -0.05) is 5.21 Å². The summed E-state index contributed by atoms with van der Waals surface area (Å²) in [6.45, 7) is 1.45. The maximum absolute atomic E-state index is 11.2. The van der Waals surface area contributed by atoms with Gasteiger partial charge in [-0.3, -0.25) is 0 Å². The van der Waals surface area contributed by atoms with Gasteiger partial charge in [0.05, 0.1) is 17.1 Å². The molecule has 0 radical (unpaired) electrons. The monoisotopic (exact) mass is 219 g/mol. The minimum absolute atomic E-state index is 0.392. The van der Waals surface area contributed by atoms with Gasteiger partial charge in [0.15, 0.2) is 9.84 Å². The molecule has 1 rings (SSSR count). The normalized spacial score (nSPS) is 16.6. The highest BCUT2D eigenvalue weighted by atomic mass is 32.2. The van der Waals surface area contributed by atoms with Gasteiger partial charge in [0.1, 0.15) is 6.10 Å². The average molecular weight is 219 g/mol. The van der Waals surface area contributed by atoms with E-state index in [1.807, 2.05) is 0 Å². The molecule has 1 aromatic rings. The van der Waals surface area contributed by atoms with E-state index < -0.39 is 21.2 Å². The number of hydrogen-bond donors (Lipinski definition) is 1. The molecule has 0 aliphatic heterocycles. The minimum Gasteiger partial charge on any atom is -0.385 e. The van der Waals surface area contributed by atoms with Crippen LogP contribution in [0, 0.1) is 0 Å². The molecule has 0 spiro atoms. The van der Waals surface area contributed by atoms with Gasteiger partial charge in [0.25, 0.3) is 0 Å². The van der Waals surface area contributed by atoms with Gasteiger partial charge in [-0.2, -0.15) is 0 Å². The molecule has 1 aromatic heterocycles. The molecule has 0 fully saturated rings. The molecule has 1 N–H and O–H groups in total. The molecule has 6 nitrogen and oxygen atoms in total. The second-order valence-corrected chi connectivity index (χ2v) is 5.66. The number of rotatable bonds is 3. The summed E-state index contributed by atoms with van der Waals surface area (Å²) in [6.07, 6.45) is 1.35. The Morgan fingerprint density at radius 3 is 2.50 bits per heavy atom. The van der Waals surface area contributed by atoms with Gasteiger partial charge in [-0.15, -0.1) is 5.10 Å². The summed E-state index contributed by atoms with van der Waals surface area (Å²) in [5, 5.41) is 16.0. The third kappa shape index (κ3) is 2.10. The van der Waals surface area contributed by atoms with Crippen molar-refractivity contribution < 1.29 is 13.5 Å². The van der Waals surface area contributed by atoms with Gasteiger partial charge in [-0.25, -0.2) is 13.1 Å². The fourth-order valence-electron chi connectivity index (χ4n) is 1.04. The molecule has 80 valence electrons. The molecule has 7 heteroatoms. The van der Waals surface area contributed by atoms with Crippen molar-refractivity contribution >= 4 is 9.84 Å². The van der Waals surface area contributed by atoms with Crippen molar-refractivity contribution in [2.24, 2.45) is 7.05 Å². The Bertz CT molecular complexity index is 412. The molecule has 14 heavy (non-hydrogen) atoms. The summed E-state index contributed by atoms with van der Waals surface area (Å²) in [7, 11) is -1.67. The van der Waals surface area contributed by atoms with Crippen LogP contribution >= 0.6 is 0 Å². The van der Waals surface area contributed by atoms with E-state index in [-0.39, 0.29) is 0 Å². The lowest BCUT2D eigenvalue weighted by Gasteiger charge is -2.16. The van der Waals surface area contributed by atoms with Gasteiger partial charge < -0.3 is 5.11 Å². The summed E-state index contributed by atoms with van der Waals surface area (Å²) in [5.41, 5.74) is 0.392. The zero-order chi connectivity index (χ0) is 10.9. The summed E-state index contributed by atoms with van der Waals surface area (Å²) in [5.74, 6) is 0. The Balaban J connectivity index is 2.97. The highest BCUT2D eigenvalue weighted by Crippen LogP contribution is 2.19. The highest BCUT2D eigenvalue weighted by Gasteiger charge is 2.27. The first-order chi connectivity index (χ1) is 6.34. The largest absolute Gasteiger partial charge is 0.385 e. The molecule has 0 aromatic carbocycles. The quantitative estimate of drug-likeness (QED) is 0.725. The smallest absolute Gasteiger partial charge is 0.152 e. The fraction of sp³-hybridized carbons (Fsp3) is 0.714. The molecule has 1 heterocycles. The van der Waals surface area contributed by atoms with Crippen LogP contribution in [-0.2, 0) is 16.9 Å². The number of sulfone groups is 1. The maximum atomic E-state index is 11.2. The third-order valence-electron chi connectivity index (χ3n) is 2.17. The molecule has 0 saturated carbocycles. The predicted octanol–water partition coefficient (Wildman–Crippen LogP) is -0.718. The van der Waals surface area contributed by atoms with Crippen LogP contribution in [0.1, 0.15) is 18.7 Å². The van der Waals surface area contributed by atoms with E-state index in [0.29, 0.717) is 5.69 Å². The van der Waals surface area contributed by atoms with Crippen molar-refractivity contribution in [3.63, 3.8) is 0 Å². The Morgan fingerprint density at radius 1 is 1.57 bits per heavy atom. The van der Waals surface area contributed by atoms with Crippen molar-refractivity contribution in [2.45, 2.75) is 18.3 Å². The first kappa shape index (κ1) is 11.1. The van der Waals surface area contributed by atoms with Crippen molar-refractivity contribution in [2.75, 3.05) is 6.26 Å². The van der Waals surface area contributed by atoms with Crippen molar-refractivity contribution in [1.29, 1.82) is 0 Å². The second-order valence-electron chi connectivity index (χ2n) is 3.26. The van der Waals surface area contributed by atoms with Crippen molar-refractivity contribution in [3.05, 3.63) is 11.9 Å². The Morgan fingerprint density at radius 2 is 2.14 bits per heavy atom. The zero-order valence-electron chi connectivity index (χ0n) is 8.25. The lowest BCUT2D eigenvalue weighted by Crippen LogP contribution is -2.25. The van der Waals surface area contributed by atoms with Crippen LogP contribution in [0.2, 0.25) is 0 Å². The van der Waals surface area contributed by atoms with E-state index in [2.05, 4.69) is 10.3 Å². The molecule has 0 aliphatic rings. The van der Waals surface area contributed by atoms with E-state index in [4.69, 9.17) is 0 Å². The van der Waals surface area contributed by atoms with Crippen LogP contribution in [0.25, 0.3) is 0 Å². The molecule has 0 bridgehead atoms. The number of aliphatic hydroxyl groups excluding tert-OH is 1. The number of aromatic nitrogens is 3. The molecular formula is C7H13N3O3S. The topological polar surface area (TPSA) is 85.1 Å². The Labute approximate surface area is 82.5 Å². The predicted molar refractivity (Wildman–Crippen MR) is 50.3 cm³/mol. The molecule has 2 unspecified atom stereocenters. The molecular weight excluding hydrogens is 206 g/mol. The van der Waals surface area contributed by atoms with Gasteiger partial charge >= 0.3 is 0 Å². The van der Waals surface area contributed by atoms with Crippen LogP contribution in [0.3, 0.4) is 0 Å². The zero-order valence-corrected chi connectivity index (χ0v) is 9.06. The lowest BCUT2D eigenvalue weighted by molar-refractivity contribution is 0.166. The number of aryl methyl sites for hydroxylation is 1. The summed E-state index contributed by atoms with van der Waals surface area (Å²) in [6, 6.07) is 0. The minimum atomic E-state index is -3.26. The van der Waals surface area contributed by atoms with Crippen LogP contribution in [0.15, 0.2) is 6.20 Å². The number of nitrogens with zero attached hydrogens (tertiary/aromatic N) is 3. The number of aliphatic hydroxyl groups is 1. The van der Waals surface area contributed by atoms with Crippen molar-refractivity contribution in [1.82, 2.24) is 15.0 Å². The SMILES string of the molecule is CC(C(O)c1cnnn1C)S(C)(=O)=O. The maximum Gasteiger partial charge on any atom is 0.152 e. The average Bonchev–Trinajstić information content (AvgIpc) is 2.47. The third-order valence-corrected chi connectivity index (χ3v) is 3.78. The van der Waals surface area contributed by atoms with E-state index in [0.717, 1.165) is 6.26 Å². The summed E-state index contributed by atoms with van der Waals surface area (Å²) in [4.78, 5) is 0. The first-order valence-electron chi connectivity index (χ1n) is 4.05. The van der Waals surface area contributed by atoms with Gasteiger partial charge in [0, 0.05) is 13.3 Å². The fourth-order valence-corrected chi connectivity index (χ4v) is 1.65. The summed E-state index contributed by atoms with van der Waals surface area (Å²) < 4.78 is 23.7. The molecule has 2 atom stereocenters. The van der Waals surface area contributed by atoms with E-state index >= 15 is 0 Å². The lowest BCUT2D eigenvalue weighted by atomic mass is 10.2.